The van der Waals surface area contributed by atoms with Gasteiger partial charge in [0.05, 0.1) is 0 Å². The monoisotopic (exact) mass is 247 g/mol. The van der Waals surface area contributed by atoms with Crippen molar-refractivity contribution in [1.82, 2.24) is 5.32 Å². The Morgan fingerprint density at radius 2 is 2.06 bits per heavy atom. The van der Waals surface area contributed by atoms with Crippen LogP contribution in [0, 0.1) is 0 Å². The fourth-order valence-electron chi connectivity index (χ4n) is 1.52. The van der Waals surface area contributed by atoms with Crippen LogP contribution >= 0.6 is 0 Å². The highest BCUT2D eigenvalue weighted by atomic mass is 16.5. The number of ether oxygens (including phenoxy) is 1. The van der Waals surface area contributed by atoms with Gasteiger partial charge in [0.25, 0.3) is 0 Å². The van der Waals surface area contributed by atoms with Gasteiger partial charge in [-0.2, -0.15) is 0 Å². The van der Waals surface area contributed by atoms with E-state index in [4.69, 9.17) is 4.74 Å². The Balaban J connectivity index is 1.94. The molecule has 0 aliphatic heterocycles. The highest BCUT2D eigenvalue weighted by Crippen LogP contribution is 1.97. The zero-order valence-corrected chi connectivity index (χ0v) is 10.9. The second kappa shape index (κ2) is 9.42. The quantitative estimate of drug-likeness (QED) is 0.436. The van der Waals surface area contributed by atoms with Crippen molar-refractivity contribution in [3.8, 4) is 0 Å². The number of nitrogens with one attached hydrogen (secondary N) is 1. The summed E-state index contributed by atoms with van der Waals surface area (Å²) in [7, 11) is 0. The van der Waals surface area contributed by atoms with Crippen LogP contribution in [0.3, 0.4) is 0 Å². The Bertz CT molecular complexity index is 360. The molecule has 1 N–H and O–H groups in total. The first-order valence-corrected chi connectivity index (χ1v) is 6.32. The summed E-state index contributed by atoms with van der Waals surface area (Å²) in [6.07, 6.45) is 6.03. The highest BCUT2D eigenvalue weighted by molar-refractivity contribution is 5.65. The summed E-state index contributed by atoms with van der Waals surface area (Å²) in [6, 6.07) is 10.4. The van der Waals surface area contributed by atoms with Gasteiger partial charge in [-0.05, 0) is 24.9 Å². The lowest BCUT2D eigenvalue weighted by molar-refractivity contribution is -0.139. The largest absolute Gasteiger partial charge is 0.462 e. The van der Waals surface area contributed by atoms with E-state index in [0.29, 0.717) is 6.61 Å². The number of carbonyl (C=O) groups is 1. The lowest BCUT2D eigenvalue weighted by Gasteiger charge is -2.03. The summed E-state index contributed by atoms with van der Waals surface area (Å²) >= 11 is 0. The third-order valence-corrected chi connectivity index (χ3v) is 2.45. The minimum Gasteiger partial charge on any atom is -0.462 e. The Labute approximate surface area is 109 Å². The van der Waals surface area contributed by atoms with E-state index < -0.39 is 0 Å². The number of hydrogen-bond donors (Lipinski definition) is 1. The molecule has 98 valence electrons. The summed E-state index contributed by atoms with van der Waals surface area (Å²) in [6.45, 7) is 3.71. The Morgan fingerprint density at radius 3 is 2.78 bits per heavy atom. The molecule has 0 aliphatic rings. The normalized spacial score (nSPS) is 10.7. The molecule has 1 aromatic rings. The van der Waals surface area contributed by atoms with Gasteiger partial charge < -0.3 is 10.1 Å². The number of hydrogen-bond acceptors (Lipinski definition) is 3. The van der Waals surface area contributed by atoms with Crippen molar-refractivity contribution in [2.45, 2.75) is 26.3 Å². The first-order valence-electron chi connectivity index (χ1n) is 6.32. The van der Waals surface area contributed by atoms with Crippen molar-refractivity contribution >= 4 is 5.97 Å². The maximum absolute atomic E-state index is 10.5. The molecule has 0 saturated heterocycles. The van der Waals surface area contributed by atoms with Crippen LogP contribution in [0.5, 0.6) is 0 Å². The lowest BCUT2D eigenvalue weighted by Crippen LogP contribution is -2.14. The van der Waals surface area contributed by atoms with E-state index in [9.17, 15) is 4.79 Å². The van der Waals surface area contributed by atoms with Crippen LogP contribution in [0.25, 0.3) is 0 Å². The van der Waals surface area contributed by atoms with E-state index in [1.807, 2.05) is 18.2 Å². The van der Waals surface area contributed by atoms with Gasteiger partial charge in [-0.3, -0.25) is 4.79 Å². The SMILES string of the molecule is CC(=O)OC/C=C/CCCNCc1ccccc1. The molecule has 1 rings (SSSR count). The summed E-state index contributed by atoms with van der Waals surface area (Å²) < 4.78 is 4.79. The second-order valence-corrected chi connectivity index (χ2v) is 4.08. The van der Waals surface area contributed by atoms with Gasteiger partial charge in [0.15, 0.2) is 0 Å². The number of rotatable bonds is 8. The van der Waals surface area contributed by atoms with E-state index in [-0.39, 0.29) is 5.97 Å². The van der Waals surface area contributed by atoms with Crippen molar-refractivity contribution < 1.29 is 9.53 Å². The number of esters is 1. The standard InChI is InChI=1S/C15H21NO2/c1-14(17)18-12-8-3-2-7-11-16-13-15-9-5-4-6-10-15/h3-6,8-10,16H,2,7,11-13H2,1H3/b8-3+. The zero-order valence-electron chi connectivity index (χ0n) is 10.9. The van der Waals surface area contributed by atoms with E-state index >= 15 is 0 Å². The van der Waals surface area contributed by atoms with Gasteiger partial charge in [0, 0.05) is 13.5 Å². The Kier molecular flexibility index (Phi) is 7.57. The van der Waals surface area contributed by atoms with Crippen molar-refractivity contribution in [3.05, 3.63) is 48.0 Å². The van der Waals surface area contributed by atoms with Gasteiger partial charge in [0.2, 0.25) is 0 Å². The van der Waals surface area contributed by atoms with Crippen molar-refractivity contribution in [1.29, 1.82) is 0 Å². The topological polar surface area (TPSA) is 38.3 Å². The molecule has 0 bridgehead atoms. The second-order valence-electron chi connectivity index (χ2n) is 4.08. The number of benzene rings is 1. The molecule has 0 aromatic heterocycles. The number of carbonyl (C=O) groups excluding carboxylic acids is 1. The summed E-state index contributed by atoms with van der Waals surface area (Å²) in [4.78, 5) is 10.5. The van der Waals surface area contributed by atoms with Gasteiger partial charge in [-0.15, -0.1) is 0 Å². The molecular weight excluding hydrogens is 226 g/mol. The third kappa shape index (κ3) is 7.63. The van der Waals surface area contributed by atoms with E-state index in [2.05, 4.69) is 29.6 Å². The van der Waals surface area contributed by atoms with Crippen LogP contribution in [0.2, 0.25) is 0 Å². The maximum atomic E-state index is 10.5. The average Bonchev–Trinajstić information content (AvgIpc) is 2.37. The highest BCUT2D eigenvalue weighted by Gasteiger charge is 1.90. The molecule has 0 unspecified atom stereocenters. The molecule has 0 saturated carbocycles. The first-order chi connectivity index (χ1) is 8.79. The molecule has 3 nitrogen and oxygen atoms in total. The van der Waals surface area contributed by atoms with Gasteiger partial charge in [-0.25, -0.2) is 0 Å². The first kappa shape index (κ1) is 14.5. The van der Waals surface area contributed by atoms with Gasteiger partial charge in [0.1, 0.15) is 6.61 Å². The van der Waals surface area contributed by atoms with Crippen LogP contribution in [0.15, 0.2) is 42.5 Å². The van der Waals surface area contributed by atoms with Gasteiger partial charge in [-0.1, -0.05) is 42.5 Å². The fraction of sp³-hybridized carbons (Fsp3) is 0.400. The Morgan fingerprint density at radius 1 is 1.28 bits per heavy atom. The molecule has 0 amide bonds. The van der Waals surface area contributed by atoms with Crippen LogP contribution in [-0.4, -0.2) is 19.1 Å². The summed E-state index contributed by atoms with van der Waals surface area (Å²) in [5, 5.41) is 3.39. The van der Waals surface area contributed by atoms with E-state index in [0.717, 1.165) is 25.9 Å². The predicted octanol–water partition coefficient (Wildman–Crippen LogP) is 2.68. The average molecular weight is 247 g/mol. The van der Waals surface area contributed by atoms with Crippen LogP contribution < -0.4 is 5.32 Å². The minimum atomic E-state index is -0.232. The zero-order chi connectivity index (χ0) is 13.1. The Hall–Kier alpha value is -1.61. The molecule has 0 heterocycles. The maximum Gasteiger partial charge on any atom is 0.302 e. The molecule has 0 radical (unpaired) electrons. The smallest absolute Gasteiger partial charge is 0.302 e. The van der Waals surface area contributed by atoms with Crippen molar-refractivity contribution in [2.24, 2.45) is 0 Å². The molecule has 18 heavy (non-hydrogen) atoms. The van der Waals surface area contributed by atoms with Crippen molar-refractivity contribution in [3.63, 3.8) is 0 Å². The lowest BCUT2D eigenvalue weighted by atomic mass is 10.2. The molecular formula is C15H21NO2. The molecule has 0 aliphatic carbocycles. The predicted molar refractivity (Wildman–Crippen MR) is 73.2 cm³/mol. The van der Waals surface area contributed by atoms with Crippen LogP contribution in [0.1, 0.15) is 25.3 Å². The van der Waals surface area contributed by atoms with Crippen LogP contribution in [0.4, 0.5) is 0 Å². The molecule has 1 aromatic carbocycles. The van der Waals surface area contributed by atoms with E-state index in [1.165, 1.54) is 12.5 Å². The van der Waals surface area contributed by atoms with E-state index in [1.54, 1.807) is 0 Å². The summed E-state index contributed by atoms with van der Waals surface area (Å²) in [5.74, 6) is -0.232. The third-order valence-electron chi connectivity index (χ3n) is 2.45. The summed E-state index contributed by atoms with van der Waals surface area (Å²) in [5.41, 5.74) is 1.31. The molecule has 0 fully saturated rings. The number of unbranched alkanes of at least 4 members (excludes halogenated alkanes) is 1. The number of allylic oxidation sites excluding steroid dienone is 1. The van der Waals surface area contributed by atoms with Crippen molar-refractivity contribution in [2.75, 3.05) is 13.2 Å². The minimum absolute atomic E-state index is 0.232. The van der Waals surface area contributed by atoms with Crippen LogP contribution in [-0.2, 0) is 16.1 Å². The van der Waals surface area contributed by atoms with Gasteiger partial charge >= 0.3 is 5.97 Å². The molecule has 0 spiro atoms. The fourth-order valence-corrected chi connectivity index (χ4v) is 1.52. The molecule has 3 heteroatoms. The molecule has 0 atom stereocenters.